The average Bonchev–Trinajstić information content (AvgIpc) is 2.37. The second-order valence-corrected chi connectivity index (χ2v) is 4.95. The summed E-state index contributed by atoms with van der Waals surface area (Å²) in [5.74, 6) is 0.519. The molecule has 0 heterocycles. The van der Waals surface area contributed by atoms with Crippen molar-refractivity contribution in [1.82, 2.24) is 0 Å². The summed E-state index contributed by atoms with van der Waals surface area (Å²) in [4.78, 5) is 12.0. The Labute approximate surface area is 121 Å². The van der Waals surface area contributed by atoms with E-state index in [9.17, 15) is 4.79 Å². The number of carbonyl (C=O) groups is 1. The maximum absolute atomic E-state index is 12.0. The van der Waals surface area contributed by atoms with E-state index in [-0.39, 0.29) is 12.4 Å². The summed E-state index contributed by atoms with van der Waals surface area (Å²) in [6.07, 6.45) is 0. The SMILES string of the molecule is Cc1ccccc1OCC(=O)c1ccc(Cl)cc1Cl. The van der Waals surface area contributed by atoms with Crippen LogP contribution in [-0.4, -0.2) is 12.4 Å². The molecule has 0 fully saturated rings. The Morgan fingerprint density at radius 2 is 1.89 bits per heavy atom. The molecule has 0 aliphatic heterocycles. The first-order valence-corrected chi connectivity index (χ1v) is 6.50. The first-order valence-electron chi connectivity index (χ1n) is 5.74. The van der Waals surface area contributed by atoms with Gasteiger partial charge >= 0.3 is 0 Å². The zero-order valence-electron chi connectivity index (χ0n) is 10.3. The molecule has 4 heteroatoms. The number of ketones is 1. The minimum atomic E-state index is -0.176. The number of halogens is 2. The van der Waals surface area contributed by atoms with Crippen molar-refractivity contribution in [3.05, 3.63) is 63.6 Å². The van der Waals surface area contributed by atoms with E-state index in [4.69, 9.17) is 27.9 Å². The molecule has 2 aromatic rings. The topological polar surface area (TPSA) is 26.3 Å². The highest BCUT2D eigenvalue weighted by Crippen LogP contribution is 2.22. The van der Waals surface area contributed by atoms with E-state index in [0.717, 1.165) is 5.56 Å². The normalized spacial score (nSPS) is 10.3. The summed E-state index contributed by atoms with van der Waals surface area (Å²) < 4.78 is 5.50. The van der Waals surface area contributed by atoms with Crippen molar-refractivity contribution in [3.63, 3.8) is 0 Å². The van der Waals surface area contributed by atoms with Crippen LogP contribution in [0.15, 0.2) is 42.5 Å². The standard InChI is InChI=1S/C15H12Cl2O2/c1-10-4-2-3-5-15(10)19-9-14(18)12-7-6-11(16)8-13(12)17/h2-8H,9H2,1H3. The first kappa shape index (κ1) is 13.9. The van der Waals surface area contributed by atoms with Gasteiger partial charge in [0, 0.05) is 10.6 Å². The van der Waals surface area contributed by atoms with Gasteiger partial charge in [-0.15, -0.1) is 0 Å². The highest BCUT2D eigenvalue weighted by molar-refractivity contribution is 6.36. The summed E-state index contributed by atoms with van der Waals surface area (Å²) in [5, 5.41) is 0.840. The minimum absolute atomic E-state index is 0.0494. The maximum Gasteiger partial charge on any atom is 0.201 e. The predicted molar refractivity (Wildman–Crippen MR) is 77.5 cm³/mol. The quantitative estimate of drug-likeness (QED) is 0.773. The second kappa shape index (κ2) is 6.09. The van der Waals surface area contributed by atoms with E-state index in [0.29, 0.717) is 21.4 Å². The van der Waals surface area contributed by atoms with Crippen LogP contribution in [0.25, 0.3) is 0 Å². The number of hydrogen-bond acceptors (Lipinski definition) is 2. The van der Waals surface area contributed by atoms with Gasteiger partial charge in [-0.3, -0.25) is 4.79 Å². The summed E-state index contributed by atoms with van der Waals surface area (Å²) in [5.41, 5.74) is 1.40. The van der Waals surface area contributed by atoms with E-state index in [1.54, 1.807) is 18.2 Å². The predicted octanol–water partition coefficient (Wildman–Crippen LogP) is 4.56. The maximum atomic E-state index is 12.0. The number of Topliss-reactive ketones (excluding diaryl/α,β-unsaturated/α-hetero) is 1. The van der Waals surface area contributed by atoms with Crippen molar-refractivity contribution in [1.29, 1.82) is 0 Å². The van der Waals surface area contributed by atoms with Crippen LogP contribution in [0.4, 0.5) is 0 Å². The molecule has 0 spiro atoms. The van der Waals surface area contributed by atoms with Gasteiger partial charge in [0.05, 0.1) is 5.02 Å². The Bertz CT molecular complexity index is 609. The lowest BCUT2D eigenvalue weighted by Gasteiger charge is -2.09. The molecule has 0 aliphatic rings. The summed E-state index contributed by atoms with van der Waals surface area (Å²) in [7, 11) is 0. The lowest BCUT2D eigenvalue weighted by Crippen LogP contribution is -2.12. The molecule has 0 saturated heterocycles. The number of benzene rings is 2. The molecule has 0 N–H and O–H groups in total. The number of para-hydroxylation sites is 1. The molecule has 0 unspecified atom stereocenters. The average molecular weight is 295 g/mol. The molecular formula is C15H12Cl2O2. The van der Waals surface area contributed by atoms with Crippen LogP contribution in [-0.2, 0) is 0 Å². The fraction of sp³-hybridized carbons (Fsp3) is 0.133. The first-order chi connectivity index (χ1) is 9.08. The van der Waals surface area contributed by atoms with Crippen LogP contribution in [0.5, 0.6) is 5.75 Å². The van der Waals surface area contributed by atoms with Gasteiger partial charge in [-0.1, -0.05) is 41.4 Å². The van der Waals surface area contributed by atoms with Gasteiger partial charge in [0.15, 0.2) is 6.61 Å². The number of rotatable bonds is 4. The lowest BCUT2D eigenvalue weighted by molar-refractivity contribution is 0.0921. The van der Waals surface area contributed by atoms with Gasteiger partial charge in [-0.2, -0.15) is 0 Å². The highest BCUT2D eigenvalue weighted by atomic mass is 35.5. The molecule has 19 heavy (non-hydrogen) atoms. The van der Waals surface area contributed by atoms with Crippen molar-refractivity contribution < 1.29 is 9.53 Å². The molecule has 0 radical (unpaired) electrons. The Kier molecular flexibility index (Phi) is 4.46. The van der Waals surface area contributed by atoms with E-state index in [1.165, 1.54) is 0 Å². The van der Waals surface area contributed by atoms with Crippen LogP contribution in [0.1, 0.15) is 15.9 Å². The summed E-state index contributed by atoms with van der Waals surface area (Å²) >= 11 is 11.8. The largest absolute Gasteiger partial charge is 0.485 e. The van der Waals surface area contributed by atoms with Crippen molar-refractivity contribution in [2.24, 2.45) is 0 Å². The molecule has 0 aliphatic carbocycles. The fourth-order valence-corrected chi connectivity index (χ4v) is 2.17. The number of carbonyl (C=O) groups excluding carboxylic acids is 1. The van der Waals surface area contributed by atoms with Crippen LogP contribution in [0.3, 0.4) is 0 Å². The van der Waals surface area contributed by atoms with E-state index < -0.39 is 0 Å². The lowest BCUT2D eigenvalue weighted by atomic mass is 10.1. The fourth-order valence-electron chi connectivity index (χ4n) is 1.66. The van der Waals surface area contributed by atoms with Gasteiger partial charge in [0.1, 0.15) is 5.75 Å². The third-order valence-electron chi connectivity index (χ3n) is 2.68. The van der Waals surface area contributed by atoms with Gasteiger partial charge in [0.25, 0.3) is 0 Å². The van der Waals surface area contributed by atoms with Gasteiger partial charge in [-0.05, 0) is 36.8 Å². The second-order valence-electron chi connectivity index (χ2n) is 4.10. The Morgan fingerprint density at radius 1 is 1.16 bits per heavy atom. The molecule has 2 nitrogen and oxygen atoms in total. The third kappa shape index (κ3) is 3.49. The molecule has 2 aromatic carbocycles. The molecule has 0 amide bonds. The van der Waals surface area contributed by atoms with Crippen molar-refractivity contribution in [2.75, 3.05) is 6.61 Å². The molecule has 2 rings (SSSR count). The Balaban J connectivity index is 2.08. The Morgan fingerprint density at radius 3 is 2.58 bits per heavy atom. The van der Waals surface area contributed by atoms with E-state index >= 15 is 0 Å². The van der Waals surface area contributed by atoms with Crippen LogP contribution < -0.4 is 4.74 Å². The Hall–Kier alpha value is -1.51. The zero-order valence-corrected chi connectivity index (χ0v) is 11.8. The zero-order chi connectivity index (χ0) is 13.8. The third-order valence-corrected chi connectivity index (χ3v) is 3.23. The number of hydrogen-bond donors (Lipinski definition) is 0. The summed E-state index contributed by atoms with van der Waals surface area (Å²) in [6.45, 7) is 1.88. The van der Waals surface area contributed by atoms with Crippen molar-refractivity contribution in [3.8, 4) is 5.75 Å². The molecule has 98 valence electrons. The molecule has 0 atom stereocenters. The number of aryl methyl sites for hydroxylation is 1. The van der Waals surface area contributed by atoms with E-state index in [1.807, 2.05) is 31.2 Å². The molecule has 0 aromatic heterocycles. The van der Waals surface area contributed by atoms with Gasteiger partial charge < -0.3 is 4.74 Å². The molecule has 0 saturated carbocycles. The van der Waals surface area contributed by atoms with Gasteiger partial charge in [0.2, 0.25) is 5.78 Å². The minimum Gasteiger partial charge on any atom is -0.485 e. The van der Waals surface area contributed by atoms with Crippen molar-refractivity contribution >= 4 is 29.0 Å². The molecule has 0 bridgehead atoms. The molecular weight excluding hydrogens is 283 g/mol. The smallest absolute Gasteiger partial charge is 0.201 e. The number of ether oxygens (including phenoxy) is 1. The monoisotopic (exact) mass is 294 g/mol. The van der Waals surface area contributed by atoms with Crippen LogP contribution >= 0.6 is 23.2 Å². The van der Waals surface area contributed by atoms with Gasteiger partial charge in [-0.25, -0.2) is 0 Å². The summed E-state index contributed by atoms with van der Waals surface area (Å²) in [6, 6.07) is 12.3. The highest BCUT2D eigenvalue weighted by Gasteiger charge is 2.12. The van der Waals surface area contributed by atoms with Crippen LogP contribution in [0, 0.1) is 6.92 Å². The van der Waals surface area contributed by atoms with E-state index in [2.05, 4.69) is 0 Å². The van der Waals surface area contributed by atoms with Crippen LogP contribution in [0.2, 0.25) is 10.0 Å². The van der Waals surface area contributed by atoms with Crippen molar-refractivity contribution in [2.45, 2.75) is 6.92 Å².